The lowest BCUT2D eigenvalue weighted by molar-refractivity contribution is -0.147. The maximum absolute atomic E-state index is 11.9. The number of nitrogens with one attached hydrogen (secondary N) is 1. The van der Waals surface area contributed by atoms with E-state index in [4.69, 9.17) is 13.9 Å². The van der Waals surface area contributed by atoms with Crippen molar-refractivity contribution in [2.45, 2.75) is 6.54 Å². The first-order valence-electron chi connectivity index (χ1n) is 7.75. The zero-order valence-electron chi connectivity index (χ0n) is 13.9. The average molecular weight is 356 g/mol. The van der Waals surface area contributed by atoms with Gasteiger partial charge in [0.1, 0.15) is 12.3 Å². The van der Waals surface area contributed by atoms with Gasteiger partial charge in [-0.1, -0.05) is 18.2 Å². The second-order valence-corrected chi connectivity index (χ2v) is 5.36. The summed E-state index contributed by atoms with van der Waals surface area (Å²) < 4.78 is 16.2. The molecule has 3 aromatic rings. The van der Waals surface area contributed by atoms with Crippen molar-refractivity contribution >= 4 is 28.7 Å². The number of aromatic nitrogens is 1. The van der Waals surface area contributed by atoms with Crippen molar-refractivity contribution in [3.63, 3.8) is 0 Å². The molecule has 1 heterocycles. The van der Waals surface area contributed by atoms with Crippen molar-refractivity contribution in [3.05, 3.63) is 59.1 Å². The molecule has 8 heteroatoms. The predicted molar refractivity (Wildman–Crippen MR) is 93.1 cm³/mol. The Kier molecular flexibility index (Phi) is 5.02. The second kappa shape index (κ2) is 7.56. The number of methoxy groups -OCH3 is 1. The monoisotopic (exact) mass is 356 g/mol. The summed E-state index contributed by atoms with van der Waals surface area (Å²) in [4.78, 5) is 35.6. The van der Waals surface area contributed by atoms with Crippen molar-refractivity contribution in [1.29, 1.82) is 0 Å². The fourth-order valence-electron chi connectivity index (χ4n) is 2.38. The van der Waals surface area contributed by atoms with Crippen LogP contribution in [0.1, 0.15) is 0 Å². The van der Waals surface area contributed by atoms with Gasteiger partial charge in [-0.25, -0.2) is 4.79 Å². The molecule has 0 saturated carbocycles. The molecule has 0 radical (unpaired) electrons. The first kappa shape index (κ1) is 17.3. The highest BCUT2D eigenvalue weighted by atomic mass is 16.5. The molecule has 0 aliphatic carbocycles. The molecule has 8 nitrogen and oxygen atoms in total. The number of rotatable bonds is 6. The minimum absolute atomic E-state index is 0.345. The molecule has 0 atom stereocenters. The van der Waals surface area contributed by atoms with Crippen LogP contribution in [-0.4, -0.2) is 30.2 Å². The molecule has 0 spiro atoms. The molecule has 0 fully saturated rings. The van der Waals surface area contributed by atoms with Crippen LogP contribution in [-0.2, 0) is 20.9 Å². The first-order chi connectivity index (χ1) is 12.6. The number of anilines is 1. The molecule has 0 aliphatic heterocycles. The summed E-state index contributed by atoms with van der Waals surface area (Å²) in [5, 5.41) is 2.59. The summed E-state index contributed by atoms with van der Waals surface area (Å²) in [6.45, 7) is -0.817. The fourth-order valence-corrected chi connectivity index (χ4v) is 2.38. The Hall–Kier alpha value is -3.55. The first-order valence-corrected chi connectivity index (χ1v) is 7.75. The molecule has 0 bridgehead atoms. The molecule has 3 rings (SSSR count). The van der Waals surface area contributed by atoms with Crippen molar-refractivity contribution in [2.75, 3.05) is 19.0 Å². The van der Waals surface area contributed by atoms with E-state index in [2.05, 4.69) is 5.32 Å². The molecular weight excluding hydrogens is 340 g/mol. The number of amides is 1. The molecule has 0 saturated heterocycles. The van der Waals surface area contributed by atoms with Gasteiger partial charge in [-0.05, 0) is 24.3 Å². The Morgan fingerprint density at radius 3 is 2.77 bits per heavy atom. The standard InChI is InChI=1S/C18H16N2O6/c1-24-13-6-4-5-12(9-13)19-16(21)11-25-17(22)10-20-14-7-2-3-8-15(14)26-18(20)23/h2-9H,10-11H2,1H3,(H,19,21). The van der Waals surface area contributed by atoms with E-state index in [1.807, 2.05) is 0 Å². The van der Waals surface area contributed by atoms with Gasteiger partial charge < -0.3 is 19.2 Å². The van der Waals surface area contributed by atoms with E-state index in [0.29, 0.717) is 22.5 Å². The Morgan fingerprint density at radius 1 is 1.15 bits per heavy atom. The quantitative estimate of drug-likeness (QED) is 0.676. The smallest absolute Gasteiger partial charge is 0.420 e. The van der Waals surface area contributed by atoms with Gasteiger partial charge in [0.25, 0.3) is 5.91 Å². The number of hydrogen-bond acceptors (Lipinski definition) is 6. The number of esters is 1. The molecule has 26 heavy (non-hydrogen) atoms. The summed E-state index contributed by atoms with van der Waals surface area (Å²) in [5.41, 5.74) is 1.37. The fraction of sp³-hybridized carbons (Fsp3) is 0.167. The summed E-state index contributed by atoms with van der Waals surface area (Å²) in [7, 11) is 1.52. The van der Waals surface area contributed by atoms with E-state index < -0.39 is 24.2 Å². The SMILES string of the molecule is COc1cccc(NC(=O)COC(=O)Cn2c(=O)oc3ccccc32)c1. The van der Waals surface area contributed by atoms with Crippen molar-refractivity contribution in [3.8, 4) is 5.75 Å². The normalized spacial score (nSPS) is 10.5. The van der Waals surface area contributed by atoms with Crippen LogP contribution in [0.15, 0.2) is 57.7 Å². The van der Waals surface area contributed by atoms with E-state index in [1.165, 1.54) is 7.11 Å². The summed E-state index contributed by atoms with van der Waals surface area (Å²) in [5.74, 6) is -1.30. The van der Waals surface area contributed by atoms with Crippen LogP contribution in [0.25, 0.3) is 11.1 Å². The number of benzene rings is 2. The van der Waals surface area contributed by atoms with Crippen LogP contribution in [0.5, 0.6) is 5.75 Å². The molecular formula is C18H16N2O6. The lowest BCUT2D eigenvalue weighted by Crippen LogP contribution is -2.25. The lowest BCUT2D eigenvalue weighted by atomic mass is 10.3. The van der Waals surface area contributed by atoms with E-state index in [0.717, 1.165) is 4.57 Å². The van der Waals surface area contributed by atoms with E-state index >= 15 is 0 Å². The Morgan fingerprint density at radius 2 is 1.96 bits per heavy atom. The molecule has 2 aromatic carbocycles. The topological polar surface area (TPSA) is 99.8 Å². The highest BCUT2D eigenvalue weighted by Gasteiger charge is 2.14. The zero-order chi connectivity index (χ0) is 18.5. The third-order valence-electron chi connectivity index (χ3n) is 3.58. The lowest BCUT2D eigenvalue weighted by Gasteiger charge is -2.08. The minimum atomic E-state index is -0.723. The molecule has 1 aromatic heterocycles. The molecule has 0 aliphatic rings. The van der Waals surface area contributed by atoms with Gasteiger partial charge in [-0.2, -0.15) is 0 Å². The maximum Gasteiger partial charge on any atom is 0.420 e. The van der Waals surface area contributed by atoms with Crippen LogP contribution >= 0.6 is 0 Å². The van der Waals surface area contributed by atoms with Crippen LogP contribution in [0.3, 0.4) is 0 Å². The van der Waals surface area contributed by atoms with Crippen molar-refractivity contribution < 1.29 is 23.5 Å². The van der Waals surface area contributed by atoms with E-state index in [9.17, 15) is 14.4 Å². The van der Waals surface area contributed by atoms with E-state index in [1.54, 1.807) is 48.5 Å². The second-order valence-electron chi connectivity index (χ2n) is 5.36. The summed E-state index contributed by atoms with van der Waals surface area (Å²) in [6.07, 6.45) is 0. The number of oxazole rings is 1. The van der Waals surface area contributed by atoms with Crippen LogP contribution in [0.2, 0.25) is 0 Å². The van der Waals surface area contributed by atoms with Crippen LogP contribution in [0.4, 0.5) is 5.69 Å². The van der Waals surface area contributed by atoms with Gasteiger partial charge in [0.15, 0.2) is 12.2 Å². The van der Waals surface area contributed by atoms with Gasteiger partial charge >= 0.3 is 11.7 Å². The van der Waals surface area contributed by atoms with Crippen LogP contribution in [0, 0.1) is 0 Å². The number of nitrogens with zero attached hydrogens (tertiary/aromatic N) is 1. The van der Waals surface area contributed by atoms with Gasteiger partial charge in [0.05, 0.1) is 12.6 Å². The molecule has 1 amide bonds. The number of ether oxygens (including phenoxy) is 2. The average Bonchev–Trinajstić information content (AvgIpc) is 2.95. The minimum Gasteiger partial charge on any atom is -0.497 e. The van der Waals surface area contributed by atoms with Gasteiger partial charge in [0, 0.05) is 11.8 Å². The van der Waals surface area contributed by atoms with Gasteiger partial charge in [0.2, 0.25) is 0 Å². The number of hydrogen-bond donors (Lipinski definition) is 1. The number of carbonyl (C=O) groups is 2. The van der Waals surface area contributed by atoms with Crippen LogP contribution < -0.4 is 15.8 Å². The summed E-state index contributed by atoms with van der Waals surface area (Å²) >= 11 is 0. The van der Waals surface area contributed by atoms with E-state index in [-0.39, 0.29) is 6.54 Å². The Labute approximate surface area is 147 Å². The van der Waals surface area contributed by atoms with Crippen molar-refractivity contribution in [2.24, 2.45) is 0 Å². The third-order valence-corrected chi connectivity index (χ3v) is 3.58. The largest absolute Gasteiger partial charge is 0.497 e. The number of para-hydroxylation sites is 2. The Balaban J connectivity index is 1.57. The van der Waals surface area contributed by atoms with Gasteiger partial charge in [-0.15, -0.1) is 0 Å². The maximum atomic E-state index is 11.9. The predicted octanol–water partition coefficient (Wildman–Crippen LogP) is 1.78. The van der Waals surface area contributed by atoms with Crippen molar-refractivity contribution in [1.82, 2.24) is 4.57 Å². The highest BCUT2D eigenvalue weighted by molar-refractivity contribution is 5.93. The molecule has 0 unspecified atom stereocenters. The number of carbonyl (C=O) groups excluding carboxylic acids is 2. The molecule has 1 N–H and O–H groups in total. The third kappa shape index (κ3) is 3.92. The molecule has 134 valence electrons. The number of fused-ring (bicyclic) bond motifs is 1. The Bertz CT molecular complexity index is 1000. The zero-order valence-corrected chi connectivity index (χ0v) is 13.9. The highest BCUT2D eigenvalue weighted by Crippen LogP contribution is 2.16. The summed E-state index contributed by atoms with van der Waals surface area (Å²) in [6, 6.07) is 13.5. The van der Waals surface area contributed by atoms with Gasteiger partial charge in [-0.3, -0.25) is 14.2 Å².